The van der Waals surface area contributed by atoms with Crippen LogP contribution in [0.1, 0.15) is 0 Å². The van der Waals surface area contributed by atoms with Gasteiger partial charge in [0.2, 0.25) is 0 Å². The molecule has 0 amide bonds. The van der Waals surface area contributed by atoms with Gasteiger partial charge in [-0.25, -0.2) is 4.39 Å². The molecule has 4 rings (SSSR count). The highest BCUT2D eigenvalue weighted by Gasteiger charge is 2.25. The lowest BCUT2D eigenvalue weighted by atomic mass is 9.81. The van der Waals surface area contributed by atoms with E-state index in [-0.39, 0.29) is 5.82 Å². The molecule has 0 radical (unpaired) electrons. The van der Waals surface area contributed by atoms with Crippen LogP contribution in [0.15, 0.2) is 54.6 Å². The van der Waals surface area contributed by atoms with Crippen LogP contribution in [0.25, 0.3) is 33.0 Å². The predicted octanol–water partition coefficient (Wildman–Crippen LogP) is 2.86. The molecule has 0 unspecified atom stereocenters. The SMILES string of the molecule is Fc1cc2cc(-c3cccc4ccccc34)c1-2.OBO. The van der Waals surface area contributed by atoms with E-state index in [0.717, 1.165) is 22.3 Å². The summed E-state index contributed by atoms with van der Waals surface area (Å²) < 4.78 is 13.3. The first-order valence-electron chi connectivity index (χ1n) is 6.30. The topological polar surface area (TPSA) is 40.5 Å². The minimum atomic E-state index is -0.750. The molecule has 0 fully saturated rings. The van der Waals surface area contributed by atoms with Crippen LogP contribution in [0.3, 0.4) is 0 Å². The average molecular weight is 266 g/mol. The summed E-state index contributed by atoms with van der Waals surface area (Å²) in [5.74, 6) is -0.0783. The third kappa shape index (κ3) is 1.90. The zero-order valence-electron chi connectivity index (χ0n) is 10.7. The van der Waals surface area contributed by atoms with Gasteiger partial charge in [0.05, 0.1) is 0 Å². The van der Waals surface area contributed by atoms with Gasteiger partial charge < -0.3 is 10.0 Å². The molecular formula is C16H12BFO2. The van der Waals surface area contributed by atoms with Gasteiger partial charge >= 0.3 is 7.69 Å². The van der Waals surface area contributed by atoms with Crippen molar-refractivity contribution in [3.05, 3.63) is 60.4 Å². The maximum absolute atomic E-state index is 13.3. The van der Waals surface area contributed by atoms with Crippen molar-refractivity contribution in [3.8, 4) is 22.3 Å². The Morgan fingerprint density at radius 2 is 1.55 bits per heavy atom. The van der Waals surface area contributed by atoms with Gasteiger partial charge in [-0.1, -0.05) is 42.5 Å². The molecule has 98 valence electrons. The number of fused-ring (bicyclic) bond motifs is 2. The van der Waals surface area contributed by atoms with Crippen LogP contribution in [-0.4, -0.2) is 17.7 Å². The van der Waals surface area contributed by atoms with Crippen molar-refractivity contribution in [2.45, 2.75) is 0 Å². The van der Waals surface area contributed by atoms with Crippen molar-refractivity contribution in [1.29, 1.82) is 0 Å². The van der Waals surface area contributed by atoms with Crippen LogP contribution in [-0.2, 0) is 0 Å². The lowest BCUT2D eigenvalue weighted by Crippen LogP contribution is -2.02. The first-order chi connectivity index (χ1) is 9.76. The van der Waals surface area contributed by atoms with E-state index >= 15 is 0 Å². The van der Waals surface area contributed by atoms with Crippen molar-refractivity contribution in [2.75, 3.05) is 0 Å². The Balaban J connectivity index is 0.000000373. The van der Waals surface area contributed by atoms with E-state index in [4.69, 9.17) is 10.0 Å². The van der Waals surface area contributed by atoms with E-state index in [1.165, 1.54) is 10.8 Å². The van der Waals surface area contributed by atoms with E-state index < -0.39 is 7.69 Å². The van der Waals surface area contributed by atoms with Crippen molar-refractivity contribution in [1.82, 2.24) is 0 Å². The summed E-state index contributed by atoms with van der Waals surface area (Å²) in [5.41, 5.74) is 4.02. The highest BCUT2D eigenvalue weighted by Crippen LogP contribution is 2.47. The Kier molecular flexibility index (Phi) is 3.26. The van der Waals surface area contributed by atoms with Crippen LogP contribution in [0.5, 0.6) is 0 Å². The maximum atomic E-state index is 13.3. The average Bonchev–Trinajstić information content (AvgIpc) is 2.44. The number of benzene rings is 3. The van der Waals surface area contributed by atoms with Crippen molar-refractivity contribution in [2.24, 2.45) is 0 Å². The minimum absolute atomic E-state index is 0.0783. The molecule has 2 aliphatic carbocycles. The quantitative estimate of drug-likeness (QED) is 0.520. The van der Waals surface area contributed by atoms with Gasteiger partial charge in [0, 0.05) is 5.56 Å². The Morgan fingerprint density at radius 3 is 2.25 bits per heavy atom. The third-order valence-corrected chi connectivity index (χ3v) is 3.46. The van der Waals surface area contributed by atoms with Gasteiger partial charge in [-0.3, -0.25) is 0 Å². The number of rotatable bonds is 1. The van der Waals surface area contributed by atoms with Crippen LogP contribution in [0.4, 0.5) is 4.39 Å². The van der Waals surface area contributed by atoms with Gasteiger partial charge in [0.1, 0.15) is 5.82 Å². The molecule has 2 nitrogen and oxygen atoms in total. The fourth-order valence-corrected chi connectivity index (χ4v) is 2.56. The summed E-state index contributed by atoms with van der Waals surface area (Å²) in [4.78, 5) is 0. The summed E-state index contributed by atoms with van der Waals surface area (Å²) in [6, 6.07) is 18.0. The van der Waals surface area contributed by atoms with Crippen LogP contribution < -0.4 is 0 Å². The van der Waals surface area contributed by atoms with Gasteiger partial charge in [0.25, 0.3) is 0 Å². The molecule has 2 N–H and O–H groups in total. The fraction of sp³-hybridized carbons (Fsp3) is 0. The molecule has 2 aromatic carbocycles. The van der Waals surface area contributed by atoms with E-state index in [0.29, 0.717) is 0 Å². The van der Waals surface area contributed by atoms with Gasteiger partial charge in [0.15, 0.2) is 0 Å². The van der Waals surface area contributed by atoms with Crippen molar-refractivity contribution in [3.63, 3.8) is 0 Å². The van der Waals surface area contributed by atoms with E-state index in [1.807, 2.05) is 18.2 Å². The standard InChI is InChI=1S/C16H9F.BH3O2/c17-15-9-11-8-14(16(11)15)13-7-3-5-10-4-1-2-6-12(10)13;2-1-3/h1-9H;1-3H. The molecular weight excluding hydrogens is 254 g/mol. The first kappa shape index (κ1) is 12.8. The largest absolute Gasteiger partial charge is 0.432 e. The van der Waals surface area contributed by atoms with Crippen LogP contribution in [0, 0.1) is 5.82 Å². The molecule has 2 aliphatic rings. The molecule has 0 atom stereocenters. The third-order valence-electron chi connectivity index (χ3n) is 3.46. The smallest absolute Gasteiger partial charge is 0.430 e. The summed E-state index contributed by atoms with van der Waals surface area (Å²) in [7, 11) is -0.750. The molecule has 2 aromatic rings. The number of hydrogen-bond donors (Lipinski definition) is 2. The second-order valence-electron chi connectivity index (χ2n) is 4.55. The highest BCUT2D eigenvalue weighted by molar-refractivity contribution is 6.13. The molecule has 0 spiro atoms. The minimum Gasteiger partial charge on any atom is -0.430 e. The number of halogens is 1. The van der Waals surface area contributed by atoms with Crippen molar-refractivity contribution >= 4 is 18.5 Å². The van der Waals surface area contributed by atoms with Crippen LogP contribution >= 0.6 is 0 Å². The lowest BCUT2D eigenvalue weighted by molar-refractivity contribution is 0.448. The summed E-state index contributed by atoms with van der Waals surface area (Å²) in [6.45, 7) is 0. The van der Waals surface area contributed by atoms with E-state index in [9.17, 15) is 4.39 Å². The van der Waals surface area contributed by atoms with Gasteiger partial charge in [-0.15, -0.1) is 0 Å². The second-order valence-corrected chi connectivity index (χ2v) is 4.55. The molecule has 0 saturated heterocycles. The molecule has 0 saturated carbocycles. The van der Waals surface area contributed by atoms with Gasteiger partial charge in [-0.2, -0.15) is 0 Å². The molecule has 20 heavy (non-hydrogen) atoms. The maximum Gasteiger partial charge on any atom is 0.432 e. The monoisotopic (exact) mass is 266 g/mol. The molecule has 4 heteroatoms. The Labute approximate surface area is 116 Å². The zero-order chi connectivity index (χ0) is 14.1. The normalized spacial score (nSPS) is 10.8. The summed E-state index contributed by atoms with van der Waals surface area (Å²) in [6.07, 6.45) is 0. The Bertz CT molecular complexity index is 781. The summed E-state index contributed by atoms with van der Waals surface area (Å²) in [5, 5.41) is 16.6. The molecule has 0 bridgehead atoms. The highest BCUT2D eigenvalue weighted by atomic mass is 19.1. The van der Waals surface area contributed by atoms with Gasteiger partial charge in [-0.05, 0) is 39.6 Å². The lowest BCUT2D eigenvalue weighted by Gasteiger charge is -2.23. The Morgan fingerprint density at radius 1 is 0.850 bits per heavy atom. The fourth-order valence-electron chi connectivity index (χ4n) is 2.56. The van der Waals surface area contributed by atoms with Crippen LogP contribution in [0.2, 0.25) is 0 Å². The zero-order valence-corrected chi connectivity index (χ0v) is 10.7. The van der Waals surface area contributed by atoms with E-state index in [2.05, 4.69) is 30.3 Å². The van der Waals surface area contributed by atoms with Crippen molar-refractivity contribution < 1.29 is 14.4 Å². The second kappa shape index (κ2) is 5.08. The molecule has 0 aliphatic heterocycles. The summed E-state index contributed by atoms with van der Waals surface area (Å²) >= 11 is 0. The predicted molar refractivity (Wildman–Crippen MR) is 79.9 cm³/mol. The van der Waals surface area contributed by atoms with E-state index in [1.54, 1.807) is 6.07 Å². The molecule has 0 heterocycles. The molecule has 0 aromatic heterocycles. The number of hydrogen-bond acceptors (Lipinski definition) is 2. The first-order valence-corrected chi connectivity index (χ1v) is 6.30. The Hall–Kier alpha value is -2.17.